The van der Waals surface area contributed by atoms with Crippen LogP contribution in [0.4, 0.5) is 0 Å². The molecule has 0 aliphatic heterocycles. The molecule has 0 saturated carbocycles. The molecule has 0 saturated heterocycles. The van der Waals surface area contributed by atoms with Crippen LogP contribution < -0.4 is 0 Å². The fourth-order valence-corrected chi connectivity index (χ4v) is 6.89. The van der Waals surface area contributed by atoms with Gasteiger partial charge in [0.25, 0.3) is 0 Å². The van der Waals surface area contributed by atoms with Gasteiger partial charge in [-0.15, -0.1) is 0 Å². The zero-order valence-electron chi connectivity index (χ0n) is 48.0. The first-order valence-electron chi connectivity index (χ1n) is 26.7. The molecule has 3 heterocycles. The average Bonchev–Trinajstić information content (AvgIpc) is 4.05. The highest BCUT2D eigenvalue weighted by molar-refractivity contribution is 6.16. The van der Waals surface area contributed by atoms with Crippen molar-refractivity contribution in [2.75, 3.05) is 0 Å². The van der Waals surface area contributed by atoms with Gasteiger partial charge in [-0.2, -0.15) is 0 Å². The van der Waals surface area contributed by atoms with Crippen molar-refractivity contribution in [2.45, 2.75) is 0 Å². The Morgan fingerprint density at radius 3 is 1.45 bits per heavy atom. The Kier molecular flexibility index (Phi) is 3.01. The van der Waals surface area contributed by atoms with Crippen LogP contribution in [0.2, 0.25) is 0 Å². The predicted molar refractivity (Wildman–Crippen MR) is 215 cm³/mol. The first-order chi connectivity index (χ1) is 34.5. The predicted octanol–water partition coefficient (Wildman–Crippen LogP) is 12.6. The molecule has 0 N–H and O–H groups in total. The van der Waals surface area contributed by atoms with E-state index in [9.17, 15) is 15.1 Å². The van der Waals surface area contributed by atoms with E-state index in [0.29, 0.717) is 0 Å². The Labute approximate surface area is 325 Å². The molecule has 51 heavy (non-hydrogen) atoms. The van der Waals surface area contributed by atoms with Crippen molar-refractivity contribution >= 4 is 65.4 Å². The zero-order chi connectivity index (χ0) is 52.6. The molecule has 11 rings (SSSR count). The molecule has 3 aromatic heterocycles. The van der Waals surface area contributed by atoms with Crippen LogP contribution >= 0.6 is 0 Å². The minimum absolute atomic E-state index is 0.189. The summed E-state index contributed by atoms with van der Waals surface area (Å²) in [7, 11) is 0. The number of hydrogen-bond donors (Lipinski definition) is 0. The number of hydrogen-bond acceptors (Lipinski definition) is 0. The minimum atomic E-state index is -0.920. The van der Waals surface area contributed by atoms with Gasteiger partial charge in [-0.3, -0.25) is 0 Å². The monoisotopic (exact) mass is 671 g/mol. The second-order valence-electron chi connectivity index (χ2n) is 11.7. The highest BCUT2D eigenvalue weighted by atomic mass is 15.1. The molecule has 0 unspecified atom stereocenters. The SMILES string of the molecule is [2H]c1c([2H])c([2H])c2c(c1[2H])c1c([2H])c([2H])c(-n3c4c([2H])c([2H])c([2H])c([2H])c4c4c([2H])c([2H])c([2H])c(-n5c6c([2H])c([2H])c([2H])c([2H])c6c6c([2H])c([2H])c([2H])c([2H])c65)c43)c([2H])c1n2-c1ccc(-c2ccccc2)cc1. The molecule has 0 aliphatic rings. The van der Waals surface area contributed by atoms with E-state index in [1.807, 2.05) is 30.3 Å². The quantitative estimate of drug-likeness (QED) is 0.177. The number of fused-ring (bicyclic) bond motifs is 9. The van der Waals surface area contributed by atoms with Crippen LogP contribution in [-0.2, 0) is 0 Å². The van der Waals surface area contributed by atoms with Crippen molar-refractivity contribution in [1.29, 1.82) is 0 Å². The summed E-state index contributed by atoms with van der Waals surface area (Å²) in [6.07, 6.45) is 0. The molecular formula is C48H31N3. The third-order valence-electron chi connectivity index (χ3n) is 9.05. The Balaban J connectivity index is 1.44. The van der Waals surface area contributed by atoms with E-state index >= 15 is 0 Å². The largest absolute Gasteiger partial charge is 0.309 e. The first-order valence-corrected chi connectivity index (χ1v) is 15.7. The molecule has 11 aromatic rings. The molecule has 0 amide bonds. The van der Waals surface area contributed by atoms with Crippen molar-refractivity contribution in [2.24, 2.45) is 0 Å². The van der Waals surface area contributed by atoms with Crippen molar-refractivity contribution in [3.05, 3.63) is 188 Å². The van der Waals surface area contributed by atoms with Gasteiger partial charge in [-0.25, -0.2) is 0 Å². The zero-order valence-corrected chi connectivity index (χ0v) is 26.0. The van der Waals surface area contributed by atoms with E-state index in [-0.39, 0.29) is 27.5 Å². The van der Waals surface area contributed by atoms with Gasteiger partial charge in [0.2, 0.25) is 0 Å². The maximum atomic E-state index is 10.3. The van der Waals surface area contributed by atoms with Gasteiger partial charge in [-0.05, 0) is 65.6 Å². The second kappa shape index (κ2) is 10.8. The molecule has 3 nitrogen and oxygen atoms in total. The topological polar surface area (TPSA) is 14.8 Å². The maximum absolute atomic E-state index is 10.3. The number of rotatable bonds is 4. The van der Waals surface area contributed by atoms with Gasteiger partial charge < -0.3 is 13.7 Å². The summed E-state index contributed by atoms with van der Waals surface area (Å²) in [5, 5.41) is -2.36. The minimum Gasteiger partial charge on any atom is -0.309 e. The molecular weight excluding hydrogens is 619 g/mol. The lowest BCUT2D eigenvalue weighted by molar-refractivity contribution is 1.13. The highest BCUT2D eigenvalue weighted by Crippen LogP contribution is 2.41. The third kappa shape index (κ3) is 4.06. The molecule has 0 aliphatic carbocycles. The number of para-hydroxylation sites is 5. The van der Waals surface area contributed by atoms with Gasteiger partial charge in [0, 0.05) is 43.7 Å². The maximum Gasteiger partial charge on any atom is 0.0782 e. The van der Waals surface area contributed by atoms with Crippen molar-refractivity contribution in [3.8, 4) is 28.2 Å². The molecule has 0 spiro atoms. The molecule has 238 valence electrons. The lowest BCUT2D eigenvalue weighted by Gasteiger charge is -2.15. The van der Waals surface area contributed by atoms with Crippen LogP contribution in [0.25, 0.3) is 93.6 Å². The fraction of sp³-hybridized carbons (Fsp3) is 0. The van der Waals surface area contributed by atoms with Crippen LogP contribution in [0, 0.1) is 0 Å². The summed E-state index contributed by atoms with van der Waals surface area (Å²) in [6.45, 7) is 0. The van der Waals surface area contributed by atoms with E-state index in [2.05, 4.69) is 0 Å². The van der Waals surface area contributed by atoms with Gasteiger partial charge in [0.1, 0.15) is 0 Å². The molecule has 0 radical (unpaired) electrons. The summed E-state index contributed by atoms with van der Waals surface area (Å²) < 4.78 is 205. The summed E-state index contributed by atoms with van der Waals surface area (Å²) >= 11 is 0. The lowest BCUT2D eigenvalue weighted by atomic mass is 10.1. The van der Waals surface area contributed by atoms with Gasteiger partial charge in [0.05, 0.1) is 68.9 Å². The standard InChI is InChI=1S/C48H31N3/c1-2-13-32(14-3-1)33-25-27-34(28-26-33)49-42-20-8-4-17-38(42)40-30-29-35(31-47(40)49)50-43-21-9-7-18-39(43)41-19-12-24-46(48(41)50)51-44-22-10-5-15-36(44)37-16-6-11-23-45(37)51/h1-31H/i4D,5D,6D,7D,8D,9D,10D,11D,12D,15D,16D,17D,18D,19D,20D,21D,22D,23D,24D,29D,30D,31D. The Hall–Kier alpha value is -6.84. The molecule has 0 fully saturated rings. The van der Waals surface area contributed by atoms with Crippen molar-refractivity contribution in [1.82, 2.24) is 13.7 Å². The molecule has 0 atom stereocenters. The fourth-order valence-electron chi connectivity index (χ4n) is 6.89. The molecule has 0 bridgehead atoms. The Bertz CT molecular complexity index is 4310. The Morgan fingerprint density at radius 1 is 0.333 bits per heavy atom. The van der Waals surface area contributed by atoms with Crippen LogP contribution in [0.5, 0.6) is 0 Å². The number of benzene rings is 8. The summed E-state index contributed by atoms with van der Waals surface area (Å²) in [4.78, 5) is 0. The van der Waals surface area contributed by atoms with Crippen LogP contribution in [0.3, 0.4) is 0 Å². The molecule has 3 heteroatoms. The summed E-state index contributed by atoms with van der Waals surface area (Å²) in [5.74, 6) is 0. The third-order valence-corrected chi connectivity index (χ3v) is 9.05. The second-order valence-corrected chi connectivity index (χ2v) is 11.7. The first kappa shape index (κ1) is 14.2. The van der Waals surface area contributed by atoms with Gasteiger partial charge >= 0.3 is 0 Å². The van der Waals surface area contributed by atoms with Crippen molar-refractivity contribution < 1.29 is 30.2 Å². The summed E-state index contributed by atoms with van der Waals surface area (Å²) in [6, 6.07) is -1.18. The smallest absolute Gasteiger partial charge is 0.0782 e. The normalized spacial score (nSPS) is 18.0. The van der Waals surface area contributed by atoms with E-state index in [1.54, 1.807) is 24.3 Å². The number of nitrogens with zero attached hydrogens (tertiary/aromatic N) is 3. The van der Waals surface area contributed by atoms with Gasteiger partial charge in [-0.1, -0.05) is 133 Å². The average molecular weight is 672 g/mol. The van der Waals surface area contributed by atoms with Crippen molar-refractivity contribution in [3.63, 3.8) is 0 Å². The lowest BCUT2D eigenvalue weighted by Crippen LogP contribution is -2.01. The van der Waals surface area contributed by atoms with Crippen LogP contribution in [0.15, 0.2) is 188 Å². The molecule has 8 aromatic carbocycles. The Morgan fingerprint density at radius 2 is 0.824 bits per heavy atom. The highest BCUT2D eigenvalue weighted by Gasteiger charge is 2.21. The van der Waals surface area contributed by atoms with E-state index < -0.39 is 188 Å². The summed E-state index contributed by atoms with van der Waals surface area (Å²) in [5.41, 5.74) is -2.19. The van der Waals surface area contributed by atoms with Crippen LogP contribution in [0.1, 0.15) is 30.2 Å². The van der Waals surface area contributed by atoms with E-state index in [4.69, 9.17) is 15.1 Å². The van der Waals surface area contributed by atoms with E-state index in [1.165, 1.54) is 4.57 Å². The van der Waals surface area contributed by atoms with Gasteiger partial charge in [0.15, 0.2) is 0 Å². The van der Waals surface area contributed by atoms with E-state index in [0.717, 1.165) is 20.3 Å². The number of aromatic nitrogens is 3. The van der Waals surface area contributed by atoms with Crippen LogP contribution in [-0.4, -0.2) is 13.7 Å².